The van der Waals surface area contributed by atoms with E-state index in [1.54, 1.807) is 17.5 Å². The number of hydrogen-bond acceptors (Lipinski definition) is 4. The minimum absolute atomic E-state index is 0.120. The summed E-state index contributed by atoms with van der Waals surface area (Å²) in [5, 5.41) is 4.35. The first-order valence-electron chi connectivity index (χ1n) is 9.41. The summed E-state index contributed by atoms with van der Waals surface area (Å²) >= 11 is 1.32. The van der Waals surface area contributed by atoms with E-state index in [1.165, 1.54) is 30.6 Å². The fraction of sp³-hybridized carbons (Fsp3) is 0.632. The number of rotatable bonds is 5. The van der Waals surface area contributed by atoms with Crippen LogP contribution >= 0.6 is 11.3 Å². The third-order valence-electron chi connectivity index (χ3n) is 6.20. The molecule has 6 nitrogen and oxygen atoms in total. The van der Waals surface area contributed by atoms with Crippen LogP contribution < -0.4 is 16.2 Å². The van der Waals surface area contributed by atoms with Crippen LogP contribution in [0.2, 0.25) is 0 Å². The highest BCUT2D eigenvalue weighted by atomic mass is 32.1. The Balaban J connectivity index is 1.20. The van der Waals surface area contributed by atoms with Crippen LogP contribution in [0.4, 0.5) is 0 Å². The van der Waals surface area contributed by atoms with Crippen molar-refractivity contribution in [2.24, 2.45) is 23.2 Å². The second-order valence-corrected chi connectivity index (χ2v) is 9.30. The van der Waals surface area contributed by atoms with Crippen LogP contribution in [0.1, 0.15) is 54.6 Å². The molecule has 4 aliphatic carbocycles. The number of carbonyl (C=O) groups excluding carboxylic acids is 3. The Labute approximate surface area is 157 Å². The highest BCUT2D eigenvalue weighted by molar-refractivity contribution is 7.12. The highest BCUT2D eigenvalue weighted by Gasteiger charge is 2.51. The van der Waals surface area contributed by atoms with Gasteiger partial charge in [0, 0.05) is 6.42 Å². The minimum Gasteiger partial charge on any atom is -0.342 e. The number of amides is 3. The molecule has 4 fully saturated rings. The summed E-state index contributed by atoms with van der Waals surface area (Å²) in [6.07, 6.45) is 8.04. The summed E-state index contributed by atoms with van der Waals surface area (Å²) < 4.78 is 0. The molecule has 26 heavy (non-hydrogen) atoms. The SMILES string of the molecule is O=C(CNC(=O)c1cccs1)NNC(=O)CC12CC3CC(CC(C3)C1)C2. The maximum absolute atomic E-state index is 12.3. The Morgan fingerprint density at radius 1 is 1.00 bits per heavy atom. The Morgan fingerprint density at radius 2 is 1.62 bits per heavy atom. The summed E-state index contributed by atoms with van der Waals surface area (Å²) in [6, 6.07) is 3.48. The molecular weight excluding hydrogens is 350 g/mol. The number of carbonyl (C=O) groups is 3. The summed E-state index contributed by atoms with van der Waals surface area (Å²) in [6.45, 7) is -0.158. The van der Waals surface area contributed by atoms with Crippen LogP contribution in [0.15, 0.2) is 17.5 Å². The van der Waals surface area contributed by atoms with Gasteiger partial charge in [-0.1, -0.05) is 6.07 Å². The summed E-state index contributed by atoms with van der Waals surface area (Å²) in [5.41, 5.74) is 5.09. The Bertz CT molecular complexity index is 666. The van der Waals surface area contributed by atoms with Gasteiger partial charge in [-0.05, 0) is 73.1 Å². The predicted molar refractivity (Wildman–Crippen MR) is 98.2 cm³/mol. The maximum Gasteiger partial charge on any atom is 0.261 e. The van der Waals surface area contributed by atoms with Gasteiger partial charge in [-0.3, -0.25) is 25.2 Å². The van der Waals surface area contributed by atoms with Crippen molar-refractivity contribution in [2.75, 3.05) is 6.54 Å². The lowest BCUT2D eigenvalue weighted by molar-refractivity contribution is -0.134. The second kappa shape index (κ2) is 7.02. The number of nitrogens with one attached hydrogen (secondary N) is 3. The van der Waals surface area contributed by atoms with E-state index in [0.29, 0.717) is 11.3 Å². The zero-order valence-corrected chi connectivity index (χ0v) is 15.6. The lowest BCUT2D eigenvalue weighted by atomic mass is 9.49. The van der Waals surface area contributed by atoms with Crippen LogP contribution in [0.5, 0.6) is 0 Å². The molecule has 0 aromatic carbocycles. The molecule has 7 heteroatoms. The van der Waals surface area contributed by atoms with Crippen molar-refractivity contribution in [2.45, 2.75) is 44.9 Å². The van der Waals surface area contributed by atoms with E-state index in [9.17, 15) is 14.4 Å². The van der Waals surface area contributed by atoms with Crippen molar-refractivity contribution in [3.63, 3.8) is 0 Å². The van der Waals surface area contributed by atoms with Crippen LogP contribution in [-0.2, 0) is 9.59 Å². The van der Waals surface area contributed by atoms with Gasteiger partial charge in [-0.15, -0.1) is 11.3 Å². The van der Waals surface area contributed by atoms with E-state index in [-0.39, 0.29) is 23.8 Å². The predicted octanol–water partition coefficient (Wildman–Crippen LogP) is 2.23. The molecule has 3 amide bonds. The smallest absolute Gasteiger partial charge is 0.261 e. The van der Waals surface area contributed by atoms with Gasteiger partial charge in [-0.2, -0.15) is 0 Å². The van der Waals surface area contributed by atoms with Gasteiger partial charge in [0.2, 0.25) is 5.91 Å². The van der Waals surface area contributed by atoms with Crippen LogP contribution in [0.3, 0.4) is 0 Å². The molecule has 0 spiro atoms. The summed E-state index contributed by atoms with van der Waals surface area (Å²) in [4.78, 5) is 36.5. The summed E-state index contributed by atoms with van der Waals surface area (Å²) in [7, 11) is 0. The molecule has 0 aliphatic heterocycles. The quantitative estimate of drug-likeness (QED) is 0.690. The van der Waals surface area contributed by atoms with Gasteiger partial charge < -0.3 is 5.32 Å². The Hall–Kier alpha value is -1.89. The molecule has 4 aliphatic rings. The fourth-order valence-electron chi connectivity index (χ4n) is 5.73. The van der Waals surface area contributed by atoms with Crippen LogP contribution in [0, 0.1) is 23.2 Å². The second-order valence-electron chi connectivity index (χ2n) is 8.35. The number of hydrogen-bond donors (Lipinski definition) is 3. The lowest BCUT2D eigenvalue weighted by Crippen LogP contribution is -2.51. The Kier molecular flexibility index (Phi) is 4.73. The van der Waals surface area contributed by atoms with Gasteiger partial charge in [0.1, 0.15) is 0 Å². The molecule has 4 saturated carbocycles. The minimum atomic E-state index is -0.422. The van der Waals surface area contributed by atoms with E-state index in [1.807, 2.05) is 0 Å². The number of hydrazine groups is 1. The topological polar surface area (TPSA) is 87.3 Å². The zero-order valence-electron chi connectivity index (χ0n) is 14.8. The van der Waals surface area contributed by atoms with Crippen molar-refractivity contribution in [1.82, 2.24) is 16.2 Å². The molecule has 140 valence electrons. The molecule has 1 heterocycles. The first-order valence-corrected chi connectivity index (χ1v) is 10.3. The average Bonchev–Trinajstić information content (AvgIpc) is 3.11. The average molecular weight is 375 g/mol. The van der Waals surface area contributed by atoms with E-state index in [0.717, 1.165) is 37.0 Å². The third-order valence-corrected chi connectivity index (χ3v) is 7.07. The molecular formula is C19H25N3O3S. The normalized spacial score (nSPS) is 31.5. The Morgan fingerprint density at radius 3 is 2.19 bits per heavy atom. The molecule has 4 bridgehead atoms. The first kappa shape index (κ1) is 17.5. The number of thiophene rings is 1. The van der Waals surface area contributed by atoms with Crippen molar-refractivity contribution in [3.8, 4) is 0 Å². The van der Waals surface area contributed by atoms with Gasteiger partial charge >= 0.3 is 0 Å². The highest BCUT2D eigenvalue weighted by Crippen LogP contribution is 2.61. The van der Waals surface area contributed by atoms with Crippen LogP contribution in [0.25, 0.3) is 0 Å². The molecule has 0 atom stereocenters. The van der Waals surface area contributed by atoms with E-state index in [2.05, 4.69) is 16.2 Å². The van der Waals surface area contributed by atoms with E-state index >= 15 is 0 Å². The van der Waals surface area contributed by atoms with Crippen molar-refractivity contribution < 1.29 is 14.4 Å². The van der Waals surface area contributed by atoms with Crippen molar-refractivity contribution in [3.05, 3.63) is 22.4 Å². The molecule has 1 aromatic rings. The van der Waals surface area contributed by atoms with Crippen LogP contribution in [-0.4, -0.2) is 24.3 Å². The molecule has 1 aromatic heterocycles. The molecule has 5 rings (SSSR count). The van der Waals surface area contributed by atoms with Gasteiger partial charge in [0.25, 0.3) is 11.8 Å². The third kappa shape index (κ3) is 3.77. The van der Waals surface area contributed by atoms with E-state index < -0.39 is 5.91 Å². The largest absolute Gasteiger partial charge is 0.342 e. The maximum atomic E-state index is 12.3. The van der Waals surface area contributed by atoms with Gasteiger partial charge in [0.15, 0.2) is 0 Å². The monoisotopic (exact) mass is 375 g/mol. The first-order chi connectivity index (χ1) is 12.5. The van der Waals surface area contributed by atoms with Gasteiger partial charge in [0.05, 0.1) is 11.4 Å². The summed E-state index contributed by atoms with van der Waals surface area (Å²) in [5.74, 6) is 1.58. The van der Waals surface area contributed by atoms with E-state index in [4.69, 9.17) is 0 Å². The zero-order chi connectivity index (χ0) is 18.1. The molecule has 0 radical (unpaired) electrons. The van der Waals surface area contributed by atoms with Crippen molar-refractivity contribution >= 4 is 29.1 Å². The molecule has 3 N–H and O–H groups in total. The molecule has 0 saturated heterocycles. The van der Waals surface area contributed by atoms with Crippen molar-refractivity contribution in [1.29, 1.82) is 0 Å². The standard InChI is InChI=1S/C19H25N3O3S/c23-16(10-19-7-12-4-13(8-19)6-14(5-12)9-19)21-22-17(24)11-20-18(25)15-2-1-3-26-15/h1-3,12-14H,4-11H2,(H,20,25)(H,21,23)(H,22,24). The lowest BCUT2D eigenvalue weighted by Gasteiger charge is -2.56. The van der Waals surface area contributed by atoms with Gasteiger partial charge in [-0.25, -0.2) is 0 Å². The molecule has 0 unspecified atom stereocenters. The fourth-order valence-corrected chi connectivity index (χ4v) is 6.37.